The van der Waals surface area contributed by atoms with Crippen LogP contribution in [0.25, 0.3) is 0 Å². The van der Waals surface area contributed by atoms with Gasteiger partial charge in [-0.3, -0.25) is 19.3 Å². The molecule has 186 valence electrons. The minimum Gasteiger partial charge on any atom is -0.367 e. The number of carbonyl (C=O) groups is 3. The van der Waals surface area contributed by atoms with Crippen LogP contribution in [0.2, 0.25) is 10.0 Å². The van der Waals surface area contributed by atoms with E-state index in [-0.39, 0.29) is 30.6 Å². The Bertz CT molecular complexity index is 1090. The van der Waals surface area contributed by atoms with E-state index in [0.717, 1.165) is 0 Å². The molecule has 2 aliphatic heterocycles. The topological polar surface area (TPSA) is 85.0 Å². The van der Waals surface area contributed by atoms with Crippen molar-refractivity contribution in [3.8, 4) is 0 Å². The number of para-hydroxylation sites is 1. The second-order valence-electron chi connectivity index (χ2n) is 8.52. The largest absolute Gasteiger partial charge is 0.367 e. The molecular formula is C24H26Cl2FN5O3. The number of rotatable bonds is 6. The van der Waals surface area contributed by atoms with Gasteiger partial charge in [-0.25, -0.2) is 4.39 Å². The van der Waals surface area contributed by atoms with Crippen LogP contribution in [0.5, 0.6) is 0 Å². The van der Waals surface area contributed by atoms with E-state index in [9.17, 15) is 18.8 Å². The lowest BCUT2D eigenvalue weighted by atomic mass is 10.1. The van der Waals surface area contributed by atoms with E-state index in [2.05, 4.69) is 10.6 Å². The van der Waals surface area contributed by atoms with E-state index < -0.39 is 11.9 Å². The normalized spacial score (nSPS) is 18.8. The van der Waals surface area contributed by atoms with Gasteiger partial charge in [0.15, 0.2) is 0 Å². The summed E-state index contributed by atoms with van der Waals surface area (Å²) in [5, 5.41) is 6.15. The fourth-order valence-electron chi connectivity index (χ4n) is 4.37. The summed E-state index contributed by atoms with van der Waals surface area (Å²) in [6.45, 7) is 3.11. The SMILES string of the molecule is O=C(C[C@@H]1C(=O)NCCN1C(=O)CN1CCN(c2ccccc2F)CC1)Nc1cc(Cl)cc(Cl)c1. The third-order valence-corrected chi connectivity index (χ3v) is 6.54. The van der Waals surface area contributed by atoms with Gasteiger partial charge in [0, 0.05) is 55.0 Å². The van der Waals surface area contributed by atoms with E-state index in [1.807, 2.05) is 9.80 Å². The van der Waals surface area contributed by atoms with Crippen molar-refractivity contribution < 1.29 is 18.8 Å². The molecule has 2 saturated heterocycles. The van der Waals surface area contributed by atoms with Crippen molar-refractivity contribution in [3.05, 3.63) is 58.3 Å². The Morgan fingerprint density at radius 2 is 1.71 bits per heavy atom. The van der Waals surface area contributed by atoms with Gasteiger partial charge >= 0.3 is 0 Å². The van der Waals surface area contributed by atoms with E-state index in [0.29, 0.717) is 60.7 Å². The molecule has 2 aliphatic rings. The van der Waals surface area contributed by atoms with Crippen molar-refractivity contribution in [2.24, 2.45) is 0 Å². The molecule has 0 aliphatic carbocycles. The number of hydrogen-bond acceptors (Lipinski definition) is 5. The number of nitrogens with one attached hydrogen (secondary N) is 2. The molecular weight excluding hydrogens is 496 g/mol. The molecule has 0 spiro atoms. The highest BCUT2D eigenvalue weighted by Gasteiger charge is 2.35. The highest BCUT2D eigenvalue weighted by atomic mass is 35.5. The highest BCUT2D eigenvalue weighted by molar-refractivity contribution is 6.35. The van der Waals surface area contributed by atoms with Gasteiger partial charge in [0.05, 0.1) is 18.7 Å². The first-order chi connectivity index (χ1) is 16.8. The van der Waals surface area contributed by atoms with E-state index in [4.69, 9.17) is 23.2 Å². The van der Waals surface area contributed by atoms with Crippen LogP contribution >= 0.6 is 23.2 Å². The molecule has 2 aromatic carbocycles. The molecule has 2 fully saturated rings. The summed E-state index contributed by atoms with van der Waals surface area (Å²) in [5.41, 5.74) is 0.965. The standard InChI is InChI=1S/C24H26Cl2FN5O3/c25-16-11-17(26)13-18(12-16)29-22(33)14-21-24(35)28-5-6-32(21)23(34)15-30-7-9-31(10-8-30)20-4-2-1-3-19(20)27/h1-4,11-13,21H,5-10,14-15H2,(H,28,35)(H,29,33)/t21-/m1/s1. The Morgan fingerprint density at radius 3 is 2.40 bits per heavy atom. The zero-order valence-electron chi connectivity index (χ0n) is 19.0. The van der Waals surface area contributed by atoms with Crippen molar-refractivity contribution in [1.29, 1.82) is 0 Å². The smallest absolute Gasteiger partial charge is 0.243 e. The van der Waals surface area contributed by atoms with Crippen LogP contribution < -0.4 is 15.5 Å². The molecule has 1 atom stereocenters. The maximum Gasteiger partial charge on any atom is 0.243 e. The van der Waals surface area contributed by atoms with Crippen molar-refractivity contribution in [3.63, 3.8) is 0 Å². The number of benzene rings is 2. The average molecular weight is 522 g/mol. The summed E-state index contributed by atoms with van der Waals surface area (Å²) in [6.07, 6.45) is -0.192. The Morgan fingerprint density at radius 1 is 1.03 bits per heavy atom. The van der Waals surface area contributed by atoms with Crippen molar-refractivity contribution >= 4 is 52.3 Å². The number of hydrogen-bond donors (Lipinski definition) is 2. The molecule has 11 heteroatoms. The second-order valence-corrected chi connectivity index (χ2v) is 9.39. The van der Waals surface area contributed by atoms with Crippen LogP contribution in [0, 0.1) is 5.82 Å². The van der Waals surface area contributed by atoms with Gasteiger partial charge in [-0.15, -0.1) is 0 Å². The Kier molecular flexibility index (Phi) is 8.10. The Balaban J connectivity index is 1.34. The third-order valence-electron chi connectivity index (χ3n) is 6.10. The Labute approximate surface area is 212 Å². The predicted octanol–water partition coefficient (Wildman–Crippen LogP) is 2.61. The number of anilines is 2. The second kappa shape index (κ2) is 11.2. The van der Waals surface area contributed by atoms with Crippen LogP contribution in [0.15, 0.2) is 42.5 Å². The third kappa shape index (κ3) is 6.42. The van der Waals surface area contributed by atoms with Gasteiger partial charge in [-0.05, 0) is 30.3 Å². The van der Waals surface area contributed by atoms with Crippen molar-refractivity contribution in [2.75, 3.05) is 56.0 Å². The van der Waals surface area contributed by atoms with Gasteiger partial charge < -0.3 is 20.4 Å². The summed E-state index contributed by atoms with van der Waals surface area (Å²) in [5.74, 6) is -1.28. The summed E-state index contributed by atoms with van der Waals surface area (Å²) in [7, 11) is 0. The molecule has 8 nitrogen and oxygen atoms in total. The van der Waals surface area contributed by atoms with Crippen LogP contribution in [0.3, 0.4) is 0 Å². The first-order valence-electron chi connectivity index (χ1n) is 11.3. The number of halogens is 3. The number of nitrogens with zero attached hydrogens (tertiary/aromatic N) is 3. The summed E-state index contributed by atoms with van der Waals surface area (Å²) in [6, 6.07) is 10.4. The van der Waals surface area contributed by atoms with Crippen molar-refractivity contribution in [1.82, 2.24) is 15.1 Å². The molecule has 2 heterocycles. The highest BCUT2D eigenvalue weighted by Crippen LogP contribution is 2.23. The lowest BCUT2D eigenvalue weighted by molar-refractivity contribution is -0.145. The predicted molar refractivity (Wildman–Crippen MR) is 133 cm³/mol. The fraction of sp³-hybridized carbons (Fsp3) is 0.375. The number of carbonyl (C=O) groups excluding carboxylic acids is 3. The molecule has 4 rings (SSSR count). The zero-order valence-corrected chi connectivity index (χ0v) is 20.5. The first kappa shape index (κ1) is 25.2. The first-order valence-corrected chi connectivity index (χ1v) is 12.1. The average Bonchev–Trinajstić information content (AvgIpc) is 2.80. The lowest BCUT2D eigenvalue weighted by Crippen LogP contribution is -2.60. The maximum absolute atomic E-state index is 14.1. The van der Waals surface area contributed by atoms with Gasteiger partial charge in [0.2, 0.25) is 17.7 Å². The number of amides is 3. The Hall–Kier alpha value is -2.88. The van der Waals surface area contributed by atoms with Gasteiger partial charge in [0.1, 0.15) is 11.9 Å². The van der Waals surface area contributed by atoms with Gasteiger partial charge in [0.25, 0.3) is 0 Å². The van der Waals surface area contributed by atoms with Crippen LogP contribution in [0.1, 0.15) is 6.42 Å². The molecule has 35 heavy (non-hydrogen) atoms. The summed E-state index contributed by atoms with van der Waals surface area (Å²) in [4.78, 5) is 43.7. The quantitative estimate of drug-likeness (QED) is 0.610. The minimum absolute atomic E-state index is 0.125. The van der Waals surface area contributed by atoms with Gasteiger partial charge in [-0.2, -0.15) is 0 Å². The molecule has 0 saturated carbocycles. The summed E-state index contributed by atoms with van der Waals surface area (Å²) >= 11 is 12.0. The lowest BCUT2D eigenvalue weighted by Gasteiger charge is -2.39. The maximum atomic E-state index is 14.1. The molecule has 2 aromatic rings. The molecule has 0 radical (unpaired) electrons. The molecule has 0 bridgehead atoms. The van der Waals surface area contributed by atoms with Crippen molar-refractivity contribution in [2.45, 2.75) is 12.5 Å². The number of piperazine rings is 2. The van der Waals surface area contributed by atoms with E-state index >= 15 is 0 Å². The molecule has 2 N–H and O–H groups in total. The molecule has 0 aromatic heterocycles. The zero-order chi connectivity index (χ0) is 24.9. The van der Waals surface area contributed by atoms with E-state index in [1.165, 1.54) is 11.0 Å². The van der Waals surface area contributed by atoms with Crippen LogP contribution in [0.4, 0.5) is 15.8 Å². The van der Waals surface area contributed by atoms with Crippen LogP contribution in [-0.2, 0) is 14.4 Å². The molecule has 0 unspecified atom stereocenters. The van der Waals surface area contributed by atoms with E-state index in [1.54, 1.807) is 36.4 Å². The summed E-state index contributed by atoms with van der Waals surface area (Å²) < 4.78 is 14.1. The van der Waals surface area contributed by atoms with Crippen LogP contribution in [-0.4, -0.2) is 79.4 Å². The monoisotopic (exact) mass is 521 g/mol. The molecule has 3 amide bonds. The fourth-order valence-corrected chi connectivity index (χ4v) is 4.89. The van der Waals surface area contributed by atoms with Gasteiger partial charge in [-0.1, -0.05) is 35.3 Å². The minimum atomic E-state index is -0.911.